The summed E-state index contributed by atoms with van der Waals surface area (Å²) < 4.78 is 5.03. The first-order valence-electron chi connectivity index (χ1n) is 5.77. The summed E-state index contributed by atoms with van der Waals surface area (Å²) in [4.78, 5) is 18.4. The Morgan fingerprint density at radius 2 is 2.17 bits per heavy atom. The number of benzene rings is 1. The molecule has 0 bridgehead atoms. The highest BCUT2D eigenvalue weighted by atomic mass is 16.5. The van der Waals surface area contributed by atoms with Gasteiger partial charge in [0.05, 0.1) is 0 Å². The minimum absolute atomic E-state index is 0.314. The minimum Gasteiger partial charge on any atom is -0.449 e. The van der Waals surface area contributed by atoms with Crippen LogP contribution in [0.4, 0.5) is 4.79 Å². The Bertz CT molecular complexity index is 468. The van der Waals surface area contributed by atoms with Gasteiger partial charge in [0.25, 0.3) is 0 Å². The number of hydrogen-bond acceptors (Lipinski definition) is 3. The molecule has 18 heavy (non-hydrogen) atoms. The summed E-state index contributed by atoms with van der Waals surface area (Å²) in [7, 11) is 0. The van der Waals surface area contributed by atoms with Crippen LogP contribution in [0.1, 0.15) is 11.4 Å². The van der Waals surface area contributed by atoms with Crippen molar-refractivity contribution in [3.8, 4) is 0 Å². The van der Waals surface area contributed by atoms with Gasteiger partial charge in [-0.3, -0.25) is 0 Å². The van der Waals surface area contributed by atoms with Crippen LogP contribution in [0, 0.1) is 0 Å². The summed E-state index contributed by atoms with van der Waals surface area (Å²) in [6.07, 6.45) is 3.59. The summed E-state index contributed by atoms with van der Waals surface area (Å²) in [5.74, 6) is 0.811. The fraction of sp³-hybridized carbons (Fsp3) is 0.231. The summed E-state index contributed by atoms with van der Waals surface area (Å²) >= 11 is 0. The van der Waals surface area contributed by atoms with Gasteiger partial charge < -0.3 is 15.0 Å². The Hall–Kier alpha value is -2.30. The van der Waals surface area contributed by atoms with E-state index in [4.69, 9.17) is 4.74 Å². The molecule has 1 amide bonds. The van der Waals surface area contributed by atoms with Gasteiger partial charge in [-0.2, -0.15) is 0 Å². The lowest BCUT2D eigenvalue weighted by molar-refractivity contribution is 0.146. The van der Waals surface area contributed by atoms with Crippen molar-refractivity contribution in [2.45, 2.75) is 13.0 Å². The highest BCUT2D eigenvalue weighted by molar-refractivity contribution is 5.67. The molecule has 94 valence electrons. The first-order valence-corrected chi connectivity index (χ1v) is 5.77. The lowest BCUT2D eigenvalue weighted by Gasteiger charge is -2.06. The fourth-order valence-corrected chi connectivity index (χ4v) is 1.50. The molecule has 0 radical (unpaired) electrons. The van der Waals surface area contributed by atoms with Crippen molar-refractivity contribution in [2.75, 3.05) is 6.61 Å². The van der Waals surface area contributed by atoms with Gasteiger partial charge >= 0.3 is 6.09 Å². The molecule has 1 heterocycles. The van der Waals surface area contributed by atoms with E-state index in [1.165, 1.54) is 0 Å². The number of aromatic nitrogens is 2. The molecule has 5 nitrogen and oxygen atoms in total. The van der Waals surface area contributed by atoms with E-state index in [9.17, 15) is 4.79 Å². The average molecular weight is 245 g/mol. The van der Waals surface area contributed by atoms with Crippen LogP contribution >= 0.6 is 0 Å². The number of aromatic amines is 1. The monoisotopic (exact) mass is 245 g/mol. The lowest BCUT2D eigenvalue weighted by Crippen LogP contribution is -2.24. The fourth-order valence-electron chi connectivity index (χ4n) is 1.50. The number of nitrogens with zero attached hydrogens (tertiary/aromatic N) is 1. The second-order valence-corrected chi connectivity index (χ2v) is 3.76. The third-order valence-electron chi connectivity index (χ3n) is 2.41. The molecule has 2 rings (SSSR count). The number of nitrogens with one attached hydrogen (secondary N) is 2. The molecular weight excluding hydrogens is 230 g/mol. The highest BCUT2D eigenvalue weighted by Crippen LogP contribution is 1.97. The second-order valence-electron chi connectivity index (χ2n) is 3.76. The van der Waals surface area contributed by atoms with Crippen LogP contribution in [0.25, 0.3) is 0 Å². The van der Waals surface area contributed by atoms with E-state index in [2.05, 4.69) is 15.3 Å². The Balaban J connectivity index is 1.63. The Kier molecular flexibility index (Phi) is 4.35. The van der Waals surface area contributed by atoms with Crippen molar-refractivity contribution in [1.82, 2.24) is 15.3 Å². The smallest absolute Gasteiger partial charge is 0.407 e. The van der Waals surface area contributed by atoms with E-state index in [-0.39, 0.29) is 0 Å². The normalized spacial score (nSPS) is 10.0. The zero-order valence-electron chi connectivity index (χ0n) is 9.93. The van der Waals surface area contributed by atoms with Gasteiger partial charge in [-0.15, -0.1) is 0 Å². The number of rotatable bonds is 5. The van der Waals surface area contributed by atoms with Crippen LogP contribution < -0.4 is 5.32 Å². The molecule has 0 unspecified atom stereocenters. The van der Waals surface area contributed by atoms with Gasteiger partial charge in [-0.05, 0) is 5.56 Å². The standard InChI is InChI=1S/C13H15N3O2/c17-13(16-10-11-4-2-1-3-5-11)18-9-6-12-14-7-8-15-12/h1-5,7-8H,6,9-10H2,(H,14,15)(H,16,17). The Morgan fingerprint density at radius 1 is 1.33 bits per heavy atom. The van der Waals surface area contributed by atoms with E-state index in [1.807, 2.05) is 30.3 Å². The molecule has 2 N–H and O–H groups in total. The van der Waals surface area contributed by atoms with Gasteiger partial charge in [0, 0.05) is 25.4 Å². The summed E-state index contributed by atoms with van der Waals surface area (Å²) in [5.41, 5.74) is 1.04. The molecular formula is C13H15N3O2. The summed E-state index contributed by atoms with van der Waals surface area (Å²) in [6.45, 7) is 0.786. The van der Waals surface area contributed by atoms with E-state index in [1.54, 1.807) is 12.4 Å². The number of hydrogen-bond donors (Lipinski definition) is 2. The molecule has 1 aromatic heterocycles. The van der Waals surface area contributed by atoms with Gasteiger partial charge in [0.2, 0.25) is 0 Å². The number of H-pyrrole nitrogens is 1. The molecule has 0 atom stereocenters. The highest BCUT2D eigenvalue weighted by Gasteiger charge is 2.02. The molecule has 0 saturated carbocycles. The first kappa shape index (κ1) is 12.2. The Labute approximate surface area is 105 Å². The van der Waals surface area contributed by atoms with E-state index < -0.39 is 6.09 Å². The molecule has 1 aromatic carbocycles. The lowest BCUT2D eigenvalue weighted by atomic mass is 10.2. The van der Waals surface area contributed by atoms with Crippen molar-refractivity contribution >= 4 is 6.09 Å². The van der Waals surface area contributed by atoms with Crippen molar-refractivity contribution < 1.29 is 9.53 Å². The van der Waals surface area contributed by atoms with Crippen LogP contribution in [0.5, 0.6) is 0 Å². The molecule has 0 spiro atoms. The van der Waals surface area contributed by atoms with Crippen molar-refractivity contribution in [3.63, 3.8) is 0 Å². The number of carbonyl (C=O) groups excluding carboxylic acids is 1. The Morgan fingerprint density at radius 3 is 2.89 bits per heavy atom. The van der Waals surface area contributed by atoms with Gasteiger partial charge in [-0.25, -0.2) is 9.78 Å². The largest absolute Gasteiger partial charge is 0.449 e. The zero-order valence-corrected chi connectivity index (χ0v) is 9.93. The molecule has 5 heteroatoms. The van der Waals surface area contributed by atoms with Gasteiger partial charge in [0.1, 0.15) is 12.4 Å². The number of carbonyl (C=O) groups is 1. The summed E-state index contributed by atoms with van der Waals surface area (Å²) in [6, 6.07) is 9.69. The SMILES string of the molecule is O=C(NCc1ccccc1)OCCc1ncc[nH]1. The van der Waals surface area contributed by atoms with Crippen LogP contribution in [0.15, 0.2) is 42.7 Å². The molecule has 0 aliphatic rings. The first-order chi connectivity index (χ1) is 8.84. The van der Waals surface area contributed by atoms with Gasteiger partial charge in [-0.1, -0.05) is 30.3 Å². The van der Waals surface area contributed by atoms with Crippen LogP contribution in [0.3, 0.4) is 0 Å². The zero-order chi connectivity index (χ0) is 12.6. The predicted octanol–water partition coefficient (Wildman–Crippen LogP) is 1.88. The van der Waals surface area contributed by atoms with Gasteiger partial charge in [0.15, 0.2) is 0 Å². The average Bonchev–Trinajstić information content (AvgIpc) is 2.91. The van der Waals surface area contributed by atoms with E-state index in [0.717, 1.165) is 11.4 Å². The molecule has 0 aliphatic heterocycles. The quantitative estimate of drug-likeness (QED) is 0.845. The topological polar surface area (TPSA) is 67.0 Å². The predicted molar refractivity (Wildman–Crippen MR) is 66.9 cm³/mol. The third kappa shape index (κ3) is 3.93. The van der Waals surface area contributed by atoms with Crippen molar-refractivity contribution in [2.24, 2.45) is 0 Å². The van der Waals surface area contributed by atoms with Crippen LogP contribution in [0.2, 0.25) is 0 Å². The number of alkyl carbamates (subject to hydrolysis) is 1. The van der Waals surface area contributed by atoms with E-state index in [0.29, 0.717) is 19.6 Å². The summed E-state index contributed by atoms with van der Waals surface area (Å²) in [5, 5.41) is 2.69. The maximum absolute atomic E-state index is 11.4. The molecule has 0 aliphatic carbocycles. The number of imidazole rings is 1. The number of ether oxygens (including phenoxy) is 1. The third-order valence-corrected chi connectivity index (χ3v) is 2.41. The maximum atomic E-state index is 11.4. The molecule has 0 saturated heterocycles. The van der Waals surface area contributed by atoms with Crippen molar-refractivity contribution in [3.05, 3.63) is 54.1 Å². The second kappa shape index (κ2) is 6.44. The number of amides is 1. The molecule has 0 fully saturated rings. The van der Waals surface area contributed by atoms with Crippen LogP contribution in [-0.4, -0.2) is 22.7 Å². The molecule has 2 aromatic rings. The van der Waals surface area contributed by atoms with Crippen molar-refractivity contribution in [1.29, 1.82) is 0 Å². The maximum Gasteiger partial charge on any atom is 0.407 e. The minimum atomic E-state index is -0.412. The van der Waals surface area contributed by atoms with E-state index >= 15 is 0 Å². The van der Waals surface area contributed by atoms with Crippen LogP contribution in [-0.2, 0) is 17.7 Å².